The number of carbonyl (C=O) groups is 1. The SMILES string of the molecule is COC(=O)CC(c1cc(Br)ccc1F)N(C)C. The first kappa shape index (κ1) is 14.1. The van der Waals surface area contributed by atoms with E-state index in [1.165, 1.54) is 13.2 Å². The molecule has 0 bridgehead atoms. The van der Waals surface area contributed by atoms with Crippen LogP contribution in [0.1, 0.15) is 18.0 Å². The molecule has 1 aromatic rings. The maximum absolute atomic E-state index is 13.7. The molecule has 0 spiro atoms. The second-order valence-corrected chi connectivity index (χ2v) is 4.84. The molecule has 0 N–H and O–H groups in total. The molecule has 1 aromatic carbocycles. The van der Waals surface area contributed by atoms with Crippen LogP contribution in [-0.4, -0.2) is 32.1 Å². The van der Waals surface area contributed by atoms with Gasteiger partial charge in [-0.05, 0) is 32.3 Å². The molecule has 17 heavy (non-hydrogen) atoms. The quantitative estimate of drug-likeness (QED) is 0.801. The van der Waals surface area contributed by atoms with E-state index in [-0.39, 0.29) is 24.2 Å². The molecule has 0 fully saturated rings. The van der Waals surface area contributed by atoms with Crippen LogP contribution in [0.15, 0.2) is 22.7 Å². The van der Waals surface area contributed by atoms with Crippen LogP contribution in [0.5, 0.6) is 0 Å². The number of hydrogen-bond donors (Lipinski definition) is 0. The van der Waals surface area contributed by atoms with Crippen LogP contribution in [-0.2, 0) is 9.53 Å². The van der Waals surface area contributed by atoms with Crippen molar-refractivity contribution in [3.8, 4) is 0 Å². The van der Waals surface area contributed by atoms with Crippen LogP contribution in [0.2, 0.25) is 0 Å². The van der Waals surface area contributed by atoms with Crippen LogP contribution in [0.4, 0.5) is 4.39 Å². The average Bonchev–Trinajstić information content (AvgIpc) is 2.28. The van der Waals surface area contributed by atoms with Crippen molar-refractivity contribution in [2.45, 2.75) is 12.5 Å². The van der Waals surface area contributed by atoms with Gasteiger partial charge in [-0.1, -0.05) is 15.9 Å². The molecule has 1 rings (SSSR count). The van der Waals surface area contributed by atoms with Crippen LogP contribution >= 0.6 is 15.9 Å². The number of hydrogen-bond acceptors (Lipinski definition) is 3. The number of esters is 1. The molecule has 94 valence electrons. The van der Waals surface area contributed by atoms with Gasteiger partial charge in [-0.3, -0.25) is 4.79 Å². The largest absolute Gasteiger partial charge is 0.469 e. The summed E-state index contributed by atoms with van der Waals surface area (Å²) in [4.78, 5) is 13.1. The van der Waals surface area contributed by atoms with Crippen LogP contribution < -0.4 is 0 Å². The second-order valence-electron chi connectivity index (χ2n) is 3.93. The Hall–Kier alpha value is -0.940. The van der Waals surface area contributed by atoms with Gasteiger partial charge in [-0.25, -0.2) is 4.39 Å². The normalized spacial score (nSPS) is 12.6. The van der Waals surface area contributed by atoms with Gasteiger partial charge in [0.15, 0.2) is 0 Å². The minimum atomic E-state index is -0.358. The third-order valence-corrected chi connectivity index (χ3v) is 3.02. The number of ether oxygens (including phenoxy) is 1. The summed E-state index contributed by atoms with van der Waals surface area (Å²) in [6, 6.07) is 4.36. The molecular weight excluding hydrogens is 289 g/mol. The molecule has 1 atom stereocenters. The lowest BCUT2D eigenvalue weighted by molar-refractivity contribution is -0.141. The highest BCUT2D eigenvalue weighted by Gasteiger charge is 2.22. The van der Waals surface area contributed by atoms with Gasteiger partial charge < -0.3 is 9.64 Å². The fourth-order valence-electron chi connectivity index (χ4n) is 1.58. The molecule has 0 heterocycles. The molecular formula is C12H15BrFNO2. The van der Waals surface area contributed by atoms with Crippen molar-refractivity contribution >= 4 is 21.9 Å². The van der Waals surface area contributed by atoms with E-state index in [1.54, 1.807) is 31.1 Å². The summed E-state index contributed by atoms with van der Waals surface area (Å²) in [5.74, 6) is -0.682. The smallest absolute Gasteiger partial charge is 0.307 e. The predicted octanol–water partition coefficient (Wildman–Crippen LogP) is 2.75. The Balaban J connectivity index is 3.05. The summed E-state index contributed by atoms with van der Waals surface area (Å²) in [6.07, 6.45) is 0.122. The van der Waals surface area contributed by atoms with E-state index in [9.17, 15) is 9.18 Å². The van der Waals surface area contributed by atoms with Crippen molar-refractivity contribution in [2.24, 2.45) is 0 Å². The van der Waals surface area contributed by atoms with Crippen LogP contribution in [0.3, 0.4) is 0 Å². The zero-order valence-electron chi connectivity index (χ0n) is 10.0. The molecule has 0 radical (unpaired) electrons. The average molecular weight is 304 g/mol. The fraction of sp³-hybridized carbons (Fsp3) is 0.417. The van der Waals surface area contributed by atoms with Crippen LogP contribution in [0.25, 0.3) is 0 Å². The van der Waals surface area contributed by atoms with Gasteiger partial charge in [0.2, 0.25) is 0 Å². The molecule has 0 aliphatic rings. The topological polar surface area (TPSA) is 29.5 Å². The van der Waals surface area contributed by atoms with Crippen molar-refractivity contribution in [3.05, 3.63) is 34.1 Å². The van der Waals surface area contributed by atoms with E-state index in [2.05, 4.69) is 20.7 Å². The van der Waals surface area contributed by atoms with E-state index >= 15 is 0 Å². The van der Waals surface area contributed by atoms with Crippen molar-refractivity contribution in [2.75, 3.05) is 21.2 Å². The summed E-state index contributed by atoms with van der Waals surface area (Å²) < 4.78 is 19.1. The number of carbonyl (C=O) groups excluding carboxylic acids is 1. The lowest BCUT2D eigenvalue weighted by Crippen LogP contribution is -2.24. The third-order valence-electron chi connectivity index (χ3n) is 2.53. The van der Waals surface area contributed by atoms with Crippen molar-refractivity contribution < 1.29 is 13.9 Å². The van der Waals surface area contributed by atoms with E-state index < -0.39 is 0 Å². The second kappa shape index (κ2) is 6.12. The van der Waals surface area contributed by atoms with Crippen molar-refractivity contribution in [1.82, 2.24) is 4.90 Å². The van der Waals surface area contributed by atoms with E-state index in [0.717, 1.165) is 4.47 Å². The summed E-state index contributed by atoms with van der Waals surface area (Å²) in [5, 5.41) is 0. The van der Waals surface area contributed by atoms with E-state index in [0.29, 0.717) is 5.56 Å². The first-order chi connectivity index (χ1) is 7.95. The molecule has 0 aliphatic carbocycles. The van der Waals surface area contributed by atoms with Gasteiger partial charge in [-0.15, -0.1) is 0 Å². The Morgan fingerprint density at radius 2 is 2.18 bits per heavy atom. The van der Waals surface area contributed by atoms with Gasteiger partial charge in [-0.2, -0.15) is 0 Å². The molecule has 3 nitrogen and oxygen atoms in total. The first-order valence-electron chi connectivity index (χ1n) is 5.14. The molecule has 0 amide bonds. The van der Waals surface area contributed by atoms with Gasteiger partial charge in [0.25, 0.3) is 0 Å². The molecule has 0 saturated carbocycles. The third kappa shape index (κ3) is 3.78. The lowest BCUT2D eigenvalue weighted by atomic mass is 10.0. The highest BCUT2D eigenvalue weighted by atomic mass is 79.9. The number of benzene rings is 1. The minimum absolute atomic E-state index is 0.122. The maximum Gasteiger partial charge on any atom is 0.307 e. The summed E-state index contributed by atoms with van der Waals surface area (Å²) in [6.45, 7) is 0. The van der Waals surface area contributed by atoms with Crippen molar-refractivity contribution in [1.29, 1.82) is 0 Å². The Labute approximate surface area is 109 Å². The van der Waals surface area contributed by atoms with Gasteiger partial charge >= 0.3 is 5.97 Å². The number of rotatable bonds is 4. The summed E-state index contributed by atoms with van der Waals surface area (Å²) >= 11 is 3.30. The van der Waals surface area contributed by atoms with Gasteiger partial charge in [0.05, 0.1) is 13.5 Å². The minimum Gasteiger partial charge on any atom is -0.469 e. The molecule has 5 heteroatoms. The Kier molecular flexibility index (Phi) is 5.08. The van der Waals surface area contributed by atoms with Gasteiger partial charge in [0.1, 0.15) is 5.82 Å². The van der Waals surface area contributed by atoms with E-state index in [4.69, 9.17) is 0 Å². The molecule has 0 aromatic heterocycles. The summed E-state index contributed by atoms with van der Waals surface area (Å²) in [7, 11) is 4.92. The standard InChI is InChI=1S/C12H15BrFNO2/c1-15(2)11(7-12(16)17-3)9-6-8(13)4-5-10(9)14/h4-6,11H,7H2,1-3H3. The number of nitrogens with zero attached hydrogens (tertiary/aromatic N) is 1. The number of methoxy groups -OCH3 is 1. The highest BCUT2D eigenvalue weighted by molar-refractivity contribution is 9.10. The molecule has 0 aliphatic heterocycles. The zero-order chi connectivity index (χ0) is 13.0. The monoisotopic (exact) mass is 303 g/mol. The van der Waals surface area contributed by atoms with Gasteiger partial charge in [0, 0.05) is 16.1 Å². The maximum atomic E-state index is 13.7. The van der Waals surface area contributed by atoms with Crippen LogP contribution in [0, 0.1) is 5.82 Å². The highest BCUT2D eigenvalue weighted by Crippen LogP contribution is 2.27. The lowest BCUT2D eigenvalue weighted by Gasteiger charge is -2.24. The number of halogens is 2. The first-order valence-corrected chi connectivity index (χ1v) is 5.93. The Morgan fingerprint density at radius 3 is 2.71 bits per heavy atom. The van der Waals surface area contributed by atoms with Crippen molar-refractivity contribution in [3.63, 3.8) is 0 Å². The Morgan fingerprint density at radius 1 is 1.53 bits per heavy atom. The molecule has 0 saturated heterocycles. The summed E-state index contributed by atoms with van der Waals surface area (Å²) in [5.41, 5.74) is 0.481. The fourth-order valence-corrected chi connectivity index (χ4v) is 1.96. The molecule has 1 unspecified atom stereocenters. The predicted molar refractivity (Wildman–Crippen MR) is 67.2 cm³/mol. The Bertz CT molecular complexity index is 409. The zero-order valence-corrected chi connectivity index (χ0v) is 11.6. The van der Waals surface area contributed by atoms with E-state index in [1.807, 2.05) is 0 Å².